The highest BCUT2D eigenvalue weighted by Crippen LogP contribution is 2.28. The van der Waals surface area contributed by atoms with Crippen LogP contribution in [-0.2, 0) is 11.0 Å². The van der Waals surface area contributed by atoms with Gasteiger partial charge < -0.3 is 10.0 Å². The van der Waals surface area contributed by atoms with E-state index in [2.05, 4.69) is 15.3 Å². The summed E-state index contributed by atoms with van der Waals surface area (Å²) >= 11 is 0. The molecule has 8 nitrogen and oxygen atoms in total. The third-order valence-corrected chi connectivity index (χ3v) is 3.29. The van der Waals surface area contributed by atoms with Gasteiger partial charge in [0.25, 0.3) is 5.91 Å². The standard InChI is InChI=1S/C14H14F3N5O3/c1-2-21(6-5-12(23)24)13(25)10-8-22(20-19-10)11-4-3-9(7-18-11)14(15,16)17/h3-4,7-8H,2,5-6H2,1H3,(H,23,24). The van der Waals surface area contributed by atoms with Crippen molar-refractivity contribution in [1.29, 1.82) is 0 Å². The number of carbonyl (C=O) groups excluding carboxylic acids is 1. The van der Waals surface area contributed by atoms with Gasteiger partial charge in [-0.05, 0) is 19.1 Å². The summed E-state index contributed by atoms with van der Waals surface area (Å²) in [6, 6.07) is 1.95. The largest absolute Gasteiger partial charge is 0.481 e. The molecule has 1 amide bonds. The molecule has 0 aliphatic rings. The van der Waals surface area contributed by atoms with Crippen molar-refractivity contribution < 1.29 is 27.9 Å². The molecule has 0 atom stereocenters. The molecule has 0 radical (unpaired) electrons. The molecule has 0 unspecified atom stereocenters. The van der Waals surface area contributed by atoms with E-state index in [0.717, 1.165) is 16.8 Å². The number of aliphatic carboxylic acids is 1. The van der Waals surface area contributed by atoms with E-state index in [1.54, 1.807) is 6.92 Å². The quantitative estimate of drug-likeness (QED) is 0.843. The number of pyridine rings is 1. The maximum atomic E-state index is 12.5. The van der Waals surface area contributed by atoms with Crippen LogP contribution in [0.3, 0.4) is 0 Å². The lowest BCUT2D eigenvalue weighted by atomic mass is 10.3. The molecule has 0 saturated carbocycles. The average molecular weight is 357 g/mol. The minimum absolute atomic E-state index is 0.00998. The molecule has 0 bridgehead atoms. The maximum absolute atomic E-state index is 12.5. The van der Waals surface area contributed by atoms with Crippen LogP contribution in [0.15, 0.2) is 24.5 Å². The first-order valence-electron chi connectivity index (χ1n) is 7.19. The smallest absolute Gasteiger partial charge is 0.417 e. The fourth-order valence-corrected chi connectivity index (χ4v) is 1.96. The fraction of sp³-hybridized carbons (Fsp3) is 0.357. The number of carbonyl (C=O) groups is 2. The second kappa shape index (κ2) is 7.28. The Kier molecular flexibility index (Phi) is 5.35. The Morgan fingerprint density at radius 3 is 2.56 bits per heavy atom. The number of carboxylic acid groups (broad SMARTS) is 1. The topological polar surface area (TPSA) is 101 Å². The van der Waals surface area contributed by atoms with E-state index in [1.807, 2.05) is 0 Å². The minimum atomic E-state index is -4.50. The third kappa shape index (κ3) is 4.52. The fourth-order valence-electron chi connectivity index (χ4n) is 1.96. The Morgan fingerprint density at radius 2 is 2.04 bits per heavy atom. The molecule has 0 spiro atoms. The number of nitrogens with zero attached hydrogens (tertiary/aromatic N) is 5. The number of halogens is 3. The van der Waals surface area contributed by atoms with Gasteiger partial charge in [-0.2, -0.15) is 13.2 Å². The Hall–Kier alpha value is -2.98. The van der Waals surface area contributed by atoms with E-state index < -0.39 is 23.6 Å². The van der Waals surface area contributed by atoms with Crippen LogP contribution in [0, 0.1) is 0 Å². The van der Waals surface area contributed by atoms with Gasteiger partial charge in [-0.1, -0.05) is 5.21 Å². The van der Waals surface area contributed by atoms with Crippen molar-refractivity contribution in [1.82, 2.24) is 24.9 Å². The van der Waals surface area contributed by atoms with Crippen LogP contribution < -0.4 is 0 Å². The first kappa shape index (κ1) is 18.4. The monoisotopic (exact) mass is 357 g/mol. The summed E-state index contributed by atoms with van der Waals surface area (Å²) in [5.41, 5.74) is -0.965. The van der Waals surface area contributed by atoms with Crippen LogP contribution in [0.1, 0.15) is 29.4 Å². The summed E-state index contributed by atoms with van der Waals surface area (Å²) in [6.45, 7) is 1.97. The maximum Gasteiger partial charge on any atom is 0.417 e. The van der Waals surface area contributed by atoms with Gasteiger partial charge in [-0.3, -0.25) is 9.59 Å². The zero-order chi connectivity index (χ0) is 18.6. The van der Waals surface area contributed by atoms with Crippen molar-refractivity contribution >= 4 is 11.9 Å². The molecule has 0 fully saturated rings. The molecule has 0 aromatic carbocycles. The summed E-state index contributed by atoms with van der Waals surface area (Å²) in [7, 11) is 0. The number of hydrogen-bond donors (Lipinski definition) is 1. The molecule has 2 aromatic rings. The van der Waals surface area contributed by atoms with Gasteiger partial charge in [0.1, 0.15) is 0 Å². The summed E-state index contributed by atoms with van der Waals surface area (Å²) in [5.74, 6) is -1.50. The Morgan fingerprint density at radius 1 is 1.32 bits per heavy atom. The Bertz CT molecular complexity index is 758. The van der Waals surface area contributed by atoms with Crippen LogP contribution in [-0.4, -0.2) is 55.0 Å². The lowest BCUT2D eigenvalue weighted by Gasteiger charge is -2.18. The molecule has 25 heavy (non-hydrogen) atoms. The van der Waals surface area contributed by atoms with Gasteiger partial charge in [0.05, 0.1) is 18.2 Å². The first-order chi connectivity index (χ1) is 11.7. The van der Waals surface area contributed by atoms with Crippen molar-refractivity contribution in [3.05, 3.63) is 35.8 Å². The average Bonchev–Trinajstić information content (AvgIpc) is 3.04. The summed E-state index contributed by atoms with van der Waals surface area (Å²) in [5, 5.41) is 16.0. The molecule has 2 rings (SSSR count). The highest BCUT2D eigenvalue weighted by atomic mass is 19.4. The SMILES string of the molecule is CCN(CCC(=O)O)C(=O)c1cn(-c2ccc(C(F)(F)F)cn2)nn1. The van der Waals surface area contributed by atoms with Gasteiger partial charge >= 0.3 is 12.1 Å². The van der Waals surface area contributed by atoms with Crippen molar-refractivity contribution in [2.45, 2.75) is 19.5 Å². The van der Waals surface area contributed by atoms with Gasteiger partial charge in [0.2, 0.25) is 0 Å². The molecule has 1 N–H and O–H groups in total. The summed E-state index contributed by atoms with van der Waals surface area (Å²) < 4.78 is 38.6. The Balaban J connectivity index is 2.15. The number of aromatic nitrogens is 4. The van der Waals surface area contributed by atoms with E-state index in [1.165, 1.54) is 11.1 Å². The number of amides is 1. The Labute approximate surface area is 139 Å². The third-order valence-electron chi connectivity index (χ3n) is 3.29. The van der Waals surface area contributed by atoms with Crippen molar-refractivity contribution in [3.8, 4) is 5.82 Å². The minimum Gasteiger partial charge on any atom is -0.481 e. The molecule has 2 aromatic heterocycles. The molecule has 0 saturated heterocycles. The lowest BCUT2D eigenvalue weighted by molar-refractivity contribution is -0.138. The number of carboxylic acids is 1. The zero-order valence-corrected chi connectivity index (χ0v) is 13.1. The van der Waals surface area contributed by atoms with Gasteiger partial charge in [-0.25, -0.2) is 9.67 Å². The van der Waals surface area contributed by atoms with Gasteiger partial charge in [0, 0.05) is 19.3 Å². The zero-order valence-electron chi connectivity index (χ0n) is 13.1. The predicted molar refractivity (Wildman–Crippen MR) is 78.0 cm³/mol. The van der Waals surface area contributed by atoms with Gasteiger partial charge in [-0.15, -0.1) is 5.10 Å². The van der Waals surface area contributed by atoms with Crippen molar-refractivity contribution in [3.63, 3.8) is 0 Å². The van der Waals surface area contributed by atoms with E-state index in [-0.39, 0.29) is 31.0 Å². The molecular formula is C14H14F3N5O3. The molecule has 0 aliphatic heterocycles. The molecule has 0 aliphatic carbocycles. The van der Waals surface area contributed by atoms with Crippen LogP contribution in [0.4, 0.5) is 13.2 Å². The molecular weight excluding hydrogens is 343 g/mol. The first-order valence-corrected chi connectivity index (χ1v) is 7.19. The van der Waals surface area contributed by atoms with Crippen LogP contribution in [0.5, 0.6) is 0 Å². The van der Waals surface area contributed by atoms with Crippen molar-refractivity contribution in [2.24, 2.45) is 0 Å². The van der Waals surface area contributed by atoms with E-state index in [4.69, 9.17) is 5.11 Å². The predicted octanol–water partition coefficient (Wildman–Crippen LogP) is 1.62. The van der Waals surface area contributed by atoms with Gasteiger partial charge in [0.15, 0.2) is 11.5 Å². The second-order valence-corrected chi connectivity index (χ2v) is 4.98. The van der Waals surface area contributed by atoms with E-state index >= 15 is 0 Å². The second-order valence-electron chi connectivity index (χ2n) is 4.98. The molecule has 134 valence electrons. The molecule has 2 heterocycles. The van der Waals surface area contributed by atoms with Crippen LogP contribution >= 0.6 is 0 Å². The number of rotatable bonds is 6. The number of alkyl halides is 3. The van der Waals surface area contributed by atoms with E-state index in [0.29, 0.717) is 6.20 Å². The lowest BCUT2D eigenvalue weighted by Crippen LogP contribution is -2.33. The van der Waals surface area contributed by atoms with Crippen LogP contribution in [0.25, 0.3) is 5.82 Å². The normalized spacial score (nSPS) is 11.4. The number of hydrogen-bond acceptors (Lipinski definition) is 5. The van der Waals surface area contributed by atoms with Crippen molar-refractivity contribution in [2.75, 3.05) is 13.1 Å². The van der Waals surface area contributed by atoms with E-state index in [9.17, 15) is 22.8 Å². The highest BCUT2D eigenvalue weighted by molar-refractivity contribution is 5.92. The highest BCUT2D eigenvalue weighted by Gasteiger charge is 2.30. The summed E-state index contributed by atoms with van der Waals surface area (Å²) in [4.78, 5) is 27.8. The van der Waals surface area contributed by atoms with Crippen LogP contribution in [0.2, 0.25) is 0 Å². The molecule has 11 heteroatoms. The summed E-state index contributed by atoms with van der Waals surface area (Å²) in [6.07, 6.45) is -2.83.